The molecule has 5 aromatic heterocycles. The molecule has 7 nitrogen and oxygen atoms in total. The van der Waals surface area contributed by atoms with E-state index in [0.717, 1.165) is 49.8 Å². The average molecular weight is 672 g/mol. The molecule has 0 saturated carbocycles. The third kappa shape index (κ3) is 4.60. The van der Waals surface area contributed by atoms with Gasteiger partial charge in [-0.25, -0.2) is 0 Å². The zero-order valence-corrected chi connectivity index (χ0v) is 23.6. The maximum absolute atomic E-state index is 4.76. The van der Waals surface area contributed by atoms with Crippen LogP contribution in [-0.2, 0) is 19.8 Å². The molecular formula is C30H23N7Os. The van der Waals surface area contributed by atoms with Gasteiger partial charge in [0.2, 0.25) is 0 Å². The zero-order valence-electron chi connectivity index (χ0n) is 21.1. The van der Waals surface area contributed by atoms with Gasteiger partial charge >= 0.3 is 19.8 Å². The third-order valence-corrected chi connectivity index (χ3v) is 6.44. The van der Waals surface area contributed by atoms with Gasteiger partial charge in [-0.2, -0.15) is 0 Å². The van der Waals surface area contributed by atoms with E-state index in [4.69, 9.17) is 4.98 Å². The minimum atomic E-state index is 0. The van der Waals surface area contributed by atoms with E-state index in [-0.39, 0.29) is 19.8 Å². The number of nitrogens with zero attached hydrogens (tertiary/aromatic N) is 7. The van der Waals surface area contributed by atoms with E-state index in [1.54, 1.807) is 6.20 Å². The molecule has 0 radical (unpaired) electrons. The standard InChI is InChI=1S/C18H14N3.C12H9N4.Os/c1-11-14-7-3-4-8-15(14)21-18(11)17-12(2)16-13(10-20-17)6-5-9-19-16;1-8-14-12(16-15-8)11-10-5-3-2-4-9(10)6-7-13-11;/h3-10H,1-2H3;2-7H,1H3;/q2*-1;+2. The molecule has 186 valence electrons. The number of aromatic nitrogens is 7. The topological polar surface area (TPSA) is 92.7 Å². The number of hydrogen-bond acceptors (Lipinski definition) is 5. The van der Waals surface area contributed by atoms with E-state index in [1.807, 2.05) is 80.0 Å². The first-order chi connectivity index (χ1) is 18.1. The summed E-state index contributed by atoms with van der Waals surface area (Å²) >= 11 is 0. The van der Waals surface area contributed by atoms with Gasteiger partial charge in [-0.05, 0) is 61.1 Å². The van der Waals surface area contributed by atoms with E-state index in [1.165, 1.54) is 10.9 Å². The van der Waals surface area contributed by atoms with Crippen LogP contribution in [0.1, 0.15) is 17.0 Å². The number of para-hydroxylation sites is 1. The molecule has 0 aliphatic heterocycles. The van der Waals surface area contributed by atoms with Gasteiger partial charge in [0, 0.05) is 35.2 Å². The summed E-state index contributed by atoms with van der Waals surface area (Å²) in [7, 11) is 0. The molecule has 0 amide bonds. The van der Waals surface area contributed by atoms with E-state index >= 15 is 0 Å². The van der Waals surface area contributed by atoms with Gasteiger partial charge in [0.25, 0.3) is 0 Å². The van der Waals surface area contributed by atoms with Crippen LogP contribution in [0, 0.1) is 20.8 Å². The van der Waals surface area contributed by atoms with E-state index in [0.29, 0.717) is 11.6 Å². The van der Waals surface area contributed by atoms with Crippen molar-refractivity contribution < 1.29 is 19.8 Å². The molecule has 38 heavy (non-hydrogen) atoms. The predicted octanol–water partition coefficient (Wildman–Crippen LogP) is 5.98. The van der Waals surface area contributed by atoms with Crippen LogP contribution >= 0.6 is 0 Å². The largest absolute Gasteiger partial charge is 2.00 e. The Morgan fingerprint density at radius 3 is 2.21 bits per heavy atom. The van der Waals surface area contributed by atoms with Crippen molar-refractivity contribution in [3.8, 4) is 22.9 Å². The maximum atomic E-state index is 4.76. The van der Waals surface area contributed by atoms with Gasteiger partial charge in [0.05, 0.1) is 16.9 Å². The number of aryl methyl sites for hydroxylation is 3. The molecule has 0 spiro atoms. The molecule has 8 heteroatoms. The van der Waals surface area contributed by atoms with Gasteiger partial charge < -0.3 is 15.1 Å². The van der Waals surface area contributed by atoms with Gasteiger partial charge in [0.1, 0.15) is 0 Å². The Bertz CT molecular complexity index is 1880. The first-order valence-electron chi connectivity index (χ1n) is 12.0. The summed E-state index contributed by atoms with van der Waals surface area (Å²) in [5, 5.41) is 12.4. The fraction of sp³-hybridized carbons (Fsp3) is 0.100. The molecule has 5 heterocycles. The van der Waals surface area contributed by atoms with Crippen molar-refractivity contribution in [3.63, 3.8) is 0 Å². The van der Waals surface area contributed by atoms with Crippen molar-refractivity contribution in [1.82, 2.24) is 35.1 Å². The Kier molecular flexibility index (Phi) is 7.08. The second-order valence-electron chi connectivity index (χ2n) is 8.84. The number of rotatable bonds is 2. The van der Waals surface area contributed by atoms with Crippen LogP contribution in [0.3, 0.4) is 0 Å². The van der Waals surface area contributed by atoms with E-state index in [2.05, 4.69) is 50.0 Å². The summed E-state index contributed by atoms with van der Waals surface area (Å²) in [5.74, 6) is 1.26. The van der Waals surface area contributed by atoms with Crippen molar-refractivity contribution in [2.75, 3.05) is 0 Å². The number of fused-ring (bicyclic) bond motifs is 3. The van der Waals surface area contributed by atoms with Gasteiger partial charge in [-0.1, -0.05) is 54.1 Å². The first-order valence-corrected chi connectivity index (χ1v) is 12.0. The smallest absolute Gasteiger partial charge is 0.655 e. The second kappa shape index (κ2) is 10.6. The summed E-state index contributed by atoms with van der Waals surface area (Å²) in [6.07, 6.45) is 5.47. The van der Waals surface area contributed by atoms with Gasteiger partial charge in [-0.15, -0.1) is 11.2 Å². The number of hydrogen-bond donors (Lipinski definition) is 0. The van der Waals surface area contributed by atoms with Gasteiger partial charge in [-0.3, -0.25) is 20.1 Å². The molecule has 0 aliphatic carbocycles. The molecule has 0 saturated heterocycles. The fourth-order valence-electron chi connectivity index (χ4n) is 4.58. The van der Waals surface area contributed by atoms with Crippen LogP contribution in [0.5, 0.6) is 0 Å². The van der Waals surface area contributed by atoms with Crippen molar-refractivity contribution in [2.45, 2.75) is 20.8 Å². The van der Waals surface area contributed by atoms with Gasteiger partial charge in [0.15, 0.2) is 0 Å². The summed E-state index contributed by atoms with van der Waals surface area (Å²) in [6, 6.07) is 22.2. The van der Waals surface area contributed by atoms with E-state index < -0.39 is 0 Å². The Morgan fingerprint density at radius 2 is 1.42 bits per heavy atom. The number of pyridine rings is 3. The molecule has 0 atom stereocenters. The fourth-order valence-corrected chi connectivity index (χ4v) is 4.58. The molecule has 0 N–H and O–H groups in total. The van der Waals surface area contributed by atoms with E-state index in [9.17, 15) is 0 Å². The predicted molar refractivity (Wildman–Crippen MR) is 146 cm³/mol. The van der Waals surface area contributed by atoms with Crippen molar-refractivity contribution in [1.29, 1.82) is 0 Å². The van der Waals surface area contributed by atoms with Crippen LogP contribution in [0.25, 0.3) is 55.5 Å². The van der Waals surface area contributed by atoms with Crippen molar-refractivity contribution in [2.24, 2.45) is 0 Å². The van der Waals surface area contributed by atoms with Crippen LogP contribution in [0.15, 0.2) is 85.3 Å². The minimum Gasteiger partial charge on any atom is -0.655 e. The normalized spacial score (nSPS) is 10.8. The Morgan fingerprint density at radius 1 is 0.658 bits per heavy atom. The third-order valence-electron chi connectivity index (χ3n) is 6.44. The Hall–Kier alpha value is -4.27. The van der Waals surface area contributed by atoms with Crippen LogP contribution < -0.4 is 10.1 Å². The molecular weight excluding hydrogens is 649 g/mol. The molecule has 7 rings (SSSR count). The zero-order chi connectivity index (χ0) is 25.4. The monoisotopic (exact) mass is 673 g/mol. The van der Waals surface area contributed by atoms with Crippen LogP contribution in [-0.4, -0.2) is 25.0 Å². The molecule has 7 aromatic rings. The first kappa shape index (κ1) is 25.4. The maximum Gasteiger partial charge on any atom is 2.00 e. The Balaban J connectivity index is 0.000000156. The average Bonchev–Trinajstić information content (AvgIpc) is 3.52. The number of benzene rings is 2. The van der Waals surface area contributed by atoms with Crippen LogP contribution in [0.4, 0.5) is 0 Å². The molecule has 0 unspecified atom stereocenters. The minimum absolute atomic E-state index is 0. The summed E-state index contributed by atoms with van der Waals surface area (Å²) in [5.41, 5.74) is 6.95. The summed E-state index contributed by atoms with van der Waals surface area (Å²) < 4.78 is 0. The Labute approximate surface area is 232 Å². The van der Waals surface area contributed by atoms with Crippen LogP contribution in [0.2, 0.25) is 0 Å². The molecule has 2 aromatic carbocycles. The molecule has 0 aliphatic rings. The second-order valence-corrected chi connectivity index (χ2v) is 8.84. The van der Waals surface area contributed by atoms with Crippen molar-refractivity contribution in [3.05, 3.63) is 102 Å². The SMILES string of the molecule is Cc1c(-c2ncc3cccnc3c2C)[n-]c2ccccc12.Cc1n[n-]c(-c2nccc3ccccc23)n1.[Os+2]. The molecule has 0 bridgehead atoms. The molecule has 0 fully saturated rings. The quantitative estimate of drug-likeness (QED) is 0.223. The summed E-state index contributed by atoms with van der Waals surface area (Å²) in [6.45, 7) is 5.99. The van der Waals surface area contributed by atoms with Crippen molar-refractivity contribution >= 4 is 32.6 Å². The summed E-state index contributed by atoms with van der Waals surface area (Å²) in [4.78, 5) is 22.4.